The minimum atomic E-state index is 0.0793. The molecule has 5 heteroatoms. The van der Waals surface area contributed by atoms with Crippen molar-refractivity contribution in [3.63, 3.8) is 0 Å². The van der Waals surface area contributed by atoms with Gasteiger partial charge in [0.05, 0.1) is 23.5 Å². The highest BCUT2D eigenvalue weighted by Gasteiger charge is 2.07. The Hall–Kier alpha value is -2.01. The van der Waals surface area contributed by atoms with Crippen LogP contribution in [0.5, 0.6) is 11.5 Å². The summed E-state index contributed by atoms with van der Waals surface area (Å²) in [6.45, 7) is 0. The molecule has 98 valence electrons. The first-order chi connectivity index (χ1) is 9.20. The van der Waals surface area contributed by atoms with Crippen molar-refractivity contribution in [2.45, 2.75) is 0 Å². The summed E-state index contributed by atoms with van der Waals surface area (Å²) in [5.74, 6) is 0.478. The number of nitrogens with zero attached hydrogens (tertiary/aromatic N) is 1. The molecule has 2 aromatic carbocycles. The Morgan fingerprint density at radius 1 is 1.26 bits per heavy atom. The van der Waals surface area contributed by atoms with Crippen LogP contribution in [0.1, 0.15) is 5.56 Å². The van der Waals surface area contributed by atoms with Gasteiger partial charge in [-0.1, -0.05) is 18.2 Å². The van der Waals surface area contributed by atoms with E-state index in [1.807, 2.05) is 30.3 Å². The summed E-state index contributed by atoms with van der Waals surface area (Å²) in [5, 5.41) is 13.8. The zero-order chi connectivity index (χ0) is 13.7. The number of aromatic hydroxyl groups is 1. The largest absolute Gasteiger partial charge is 0.503 e. The average molecular weight is 321 g/mol. The minimum Gasteiger partial charge on any atom is -0.503 e. The zero-order valence-electron chi connectivity index (χ0n) is 10.3. The number of phenols is 1. The number of benzene rings is 2. The molecule has 0 amide bonds. The van der Waals surface area contributed by atoms with Gasteiger partial charge in [0.15, 0.2) is 11.5 Å². The second kappa shape index (κ2) is 6.24. The second-order valence-corrected chi connectivity index (χ2v) is 4.64. The molecule has 0 fully saturated rings. The van der Waals surface area contributed by atoms with Crippen molar-refractivity contribution in [1.29, 1.82) is 0 Å². The number of halogens is 1. The first kappa shape index (κ1) is 13.4. The van der Waals surface area contributed by atoms with Crippen LogP contribution in [0.15, 0.2) is 52.0 Å². The third kappa shape index (κ3) is 3.48. The highest BCUT2D eigenvalue weighted by atomic mass is 79.9. The van der Waals surface area contributed by atoms with Crippen molar-refractivity contribution in [2.75, 3.05) is 12.5 Å². The van der Waals surface area contributed by atoms with E-state index in [4.69, 9.17) is 4.74 Å². The topological polar surface area (TPSA) is 53.8 Å². The molecule has 0 saturated carbocycles. The summed E-state index contributed by atoms with van der Waals surface area (Å²) >= 11 is 3.26. The Kier molecular flexibility index (Phi) is 4.41. The van der Waals surface area contributed by atoms with Gasteiger partial charge in [-0.05, 0) is 45.8 Å². The summed E-state index contributed by atoms with van der Waals surface area (Å²) < 4.78 is 5.63. The number of ether oxygens (including phenoxy) is 1. The Labute approximate surface area is 119 Å². The number of para-hydroxylation sites is 1. The van der Waals surface area contributed by atoms with Gasteiger partial charge >= 0.3 is 0 Å². The number of methoxy groups -OCH3 is 1. The van der Waals surface area contributed by atoms with Crippen molar-refractivity contribution >= 4 is 27.8 Å². The predicted octanol–water partition coefficient (Wildman–Crippen LogP) is 3.61. The van der Waals surface area contributed by atoms with Crippen LogP contribution in [0.2, 0.25) is 0 Å². The quantitative estimate of drug-likeness (QED) is 0.668. The van der Waals surface area contributed by atoms with Gasteiger partial charge in [0.2, 0.25) is 0 Å². The number of anilines is 1. The van der Waals surface area contributed by atoms with E-state index in [1.54, 1.807) is 18.3 Å². The molecule has 0 spiro atoms. The third-order valence-corrected chi connectivity index (χ3v) is 3.06. The molecule has 0 aliphatic rings. The van der Waals surface area contributed by atoms with Gasteiger partial charge < -0.3 is 9.84 Å². The fourth-order valence-corrected chi connectivity index (χ4v) is 1.98. The summed E-state index contributed by atoms with van der Waals surface area (Å²) in [4.78, 5) is 0. The van der Waals surface area contributed by atoms with Crippen LogP contribution >= 0.6 is 15.9 Å². The molecule has 19 heavy (non-hydrogen) atoms. The highest BCUT2D eigenvalue weighted by molar-refractivity contribution is 9.10. The lowest BCUT2D eigenvalue weighted by Crippen LogP contribution is -1.92. The minimum absolute atomic E-state index is 0.0793. The molecule has 0 bridgehead atoms. The molecule has 2 aromatic rings. The van der Waals surface area contributed by atoms with Gasteiger partial charge in [0, 0.05) is 0 Å². The Morgan fingerprint density at radius 2 is 2.00 bits per heavy atom. The fraction of sp³-hybridized carbons (Fsp3) is 0.0714. The molecule has 4 nitrogen and oxygen atoms in total. The van der Waals surface area contributed by atoms with Gasteiger partial charge in [-0.2, -0.15) is 5.10 Å². The lowest BCUT2D eigenvalue weighted by Gasteiger charge is -2.06. The summed E-state index contributed by atoms with van der Waals surface area (Å²) in [6.07, 6.45) is 1.65. The van der Waals surface area contributed by atoms with E-state index in [2.05, 4.69) is 26.5 Å². The van der Waals surface area contributed by atoms with Gasteiger partial charge in [-0.15, -0.1) is 0 Å². The molecule has 0 aliphatic carbocycles. The molecule has 0 atom stereocenters. The molecular formula is C14H13BrN2O2. The summed E-state index contributed by atoms with van der Waals surface area (Å²) in [5.41, 5.74) is 4.63. The maximum absolute atomic E-state index is 9.69. The van der Waals surface area contributed by atoms with Gasteiger partial charge in [-0.25, -0.2) is 0 Å². The van der Waals surface area contributed by atoms with E-state index in [9.17, 15) is 5.11 Å². The molecule has 0 radical (unpaired) electrons. The molecule has 0 unspecified atom stereocenters. The van der Waals surface area contributed by atoms with Gasteiger partial charge in [0.1, 0.15) is 0 Å². The van der Waals surface area contributed by atoms with E-state index in [-0.39, 0.29) is 5.75 Å². The monoisotopic (exact) mass is 320 g/mol. The summed E-state index contributed by atoms with van der Waals surface area (Å²) in [6, 6.07) is 13.1. The number of rotatable bonds is 4. The molecular weight excluding hydrogens is 308 g/mol. The first-order valence-corrected chi connectivity index (χ1v) is 6.40. The van der Waals surface area contributed by atoms with Crippen LogP contribution in [-0.2, 0) is 0 Å². The van der Waals surface area contributed by atoms with E-state index in [1.165, 1.54) is 7.11 Å². The Bertz CT molecular complexity index is 585. The van der Waals surface area contributed by atoms with E-state index >= 15 is 0 Å². The van der Waals surface area contributed by atoms with Crippen LogP contribution in [0.4, 0.5) is 5.69 Å². The van der Waals surface area contributed by atoms with E-state index < -0.39 is 0 Å². The van der Waals surface area contributed by atoms with Crippen molar-refractivity contribution in [3.05, 3.63) is 52.5 Å². The molecule has 0 saturated heterocycles. The maximum Gasteiger partial charge on any atom is 0.172 e. The number of hydrogen-bond donors (Lipinski definition) is 2. The molecule has 0 heterocycles. The van der Waals surface area contributed by atoms with Crippen LogP contribution in [-0.4, -0.2) is 18.4 Å². The summed E-state index contributed by atoms with van der Waals surface area (Å²) in [7, 11) is 1.50. The van der Waals surface area contributed by atoms with E-state index in [0.29, 0.717) is 10.2 Å². The lowest BCUT2D eigenvalue weighted by molar-refractivity contribution is 0.372. The van der Waals surface area contributed by atoms with Crippen molar-refractivity contribution < 1.29 is 9.84 Å². The maximum atomic E-state index is 9.69. The average Bonchev–Trinajstić information content (AvgIpc) is 2.43. The Morgan fingerprint density at radius 3 is 2.68 bits per heavy atom. The molecule has 2 N–H and O–H groups in total. The highest BCUT2D eigenvalue weighted by Crippen LogP contribution is 2.34. The SMILES string of the molecule is COc1cc(/C=N\Nc2ccccc2)cc(Br)c1O. The van der Waals surface area contributed by atoms with Crippen molar-refractivity contribution in [1.82, 2.24) is 0 Å². The third-order valence-electron chi connectivity index (χ3n) is 2.45. The number of nitrogens with one attached hydrogen (secondary N) is 1. The van der Waals surface area contributed by atoms with Crippen LogP contribution < -0.4 is 10.2 Å². The molecule has 2 rings (SSSR count). The van der Waals surface area contributed by atoms with Crippen LogP contribution in [0, 0.1) is 0 Å². The standard InChI is InChI=1S/C14H13BrN2O2/c1-19-13-8-10(7-12(15)14(13)18)9-16-17-11-5-3-2-4-6-11/h2-9,17-18H,1H3/b16-9-. The van der Waals surface area contributed by atoms with Gasteiger partial charge in [-0.3, -0.25) is 5.43 Å². The van der Waals surface area contributed by atoms with Crippen LogP contribution in [0.25, 0.3) is 0 Å². The van der Waals surface area contributed by atoms with Crippen LogP contribution in [0.3, 0.4) is 0 Å². The van der Waals surface area contributed by atoms with Gasteiger partial charge in [0.25, 0.3) is 0 Å². The zero-order valence-corrected chi connectivity index (χ0v) is 11.9. The van der Waals surface area contributed by atoms with Crippen molar-refractivity contribution in [2.24, 2.45) is 5.10 Å². The lowest BCUT2D eigenvalue weighted by atomic mass is 10.2. The fourth-order valence-electron chi connectivity index (χ4n) is 1.52. The number of hydrogen-bond acceptors (Lipinski definition) is 4. The Balaban J connectivity index is 2.13. The molecule has 0 aliphatic heterocycles. The number of phenolic OH excluding ortho intramolecular Hbond substituents is 1. The normalized spacial score (nSPS) is 10.6. The number of hydrazone groups is 1. The van der Waals surface area contributed by atoms with Crippen molar-refractivity contribution in [3.8, 4) is 11.5 Å². The predicted molar refractivity (Wildman–Crippen MR) is 80.0 cm³/mol. The smallest absolute Gasteiger partial charge is 0.172 e. The molecule has 0 aromatic heterocycles. The second-order valence-electron chi connectivity index (χ2n) is 3.79. The first-order valence-electron chi connectivity index (χ1n) is 5.61. The van der Waals surface area contributed by atoms with E-state index in [0.717, 1.165) is 11.3 Å².